The summed E-state index contributed by atoms with van der Waals surface area (Å²) in [4.78, 5) is 2.56. The van der Waals surface area contributed by atoms with Gasteiger partial charge < -0.3 is 15.0 Å². The molecule has 112 valence electrons. The van der Waals surface area contributed by atoms with Gasteiger partial charge in [0.05, 0.1) is 6.61 Å². The van der Waals surface area contributed by atoms with Crippen molar-refractivity contribution in [2.24, 2.45) is 0 Å². The van der Waals surface area contributed by atoms with Crippen molar-refractivity contribution < 1.29 is 4.74 Å². The third-order valence-electron chi connectivity index (χ3n) is 4.09. The summed E-state index contributed by atoms with van der Waals surface area (Å²) in [7, 11) is 0. The van der Waals surface area contributed by atoms with Crippen LogP contribution in [-0.4, -0.2) is 36.7 Å². The van der Waals surface area contributed by atoms with Crippen LogP contribution < -0.4 is 10.1 Å². The maximum Gasteiger partial charge on any atom is 0.119 e. The van der Waals surface area contributed by atoms with Crippen LogP contribution >= 0.6 is 0 Å². The Morgan fingerprint density at radius 2 is 1.85 bits per heavy atom. The van der Waals surface area contributed by atoms with Crippen LogP contribution in [0.1, 0.15) is 39.2 Å². The zero-order valence-corrected chi connectivity index (χ0v) is 13.1. The largest absolute Gasteiger partial charge is 0.494 e. The molecule has 0 radical (unpaired) electrons. The van der Waals surface area contributed by atoms with Crippen molar-refractivity contribution >= 4 is 0 Å². The summed E-state index contributed by atoms with van der Waals surface area (Å²) >= 11 is 0. The summed E-state index contributed by atoms with van der Waals surface area (Å²) in [6, 6.07) is 9.77. The monoisotopic (exact) mass is 276 g/mol. The first kappa shape index (κ1) is 15.3. The van der Waals surface area contributed by atoms with Crippen LogP contribution in [0.25, 0.3) is 0 Å². The molecule has 1 aromatic rings. The van der Waals surface area contributed by atoms with Gasteiger partial charge in [-0.15, -0.1) is 0 Å². The summed E-state index contributed by atoms with van der Waals surface area (Å²) in [5.74, 6) is 0.960. The fourth-order valence-corrected chi connectivity index (χ4v) is 2.75. The van der Waals surface area contributed by atoms with Crippen molar-refractivity contribution in [3.8, 4) is 5.75 Å². The van der Waals surface area contributed by atoms with E-state index >= 15 is 0 Å². The second-order valence-electron chi connectivity index (χ2n) is 5.86. The van der Waals surface area contributed by atoms with Gasteiger partial charge in [-0.1, -0.05) is 12.1 Å². The lowest BCUT2D eigenvalue weighted by Crippen LogP contribution is -2.44. The highest BCUT2D eigenvalue weighted by atomic mass is 16.5. The van der Waals surface area contributed by atoms with Crippen LogP contribution in [0.4, 0.5) is 0 Å². The third-order valence-corrected chi connectivity index (χ3v) is 4.09. The zero-order valence-electron chi connectivity index (χ0n) is 13.1. The van der Waals surface area contributed by atoms with Gasteiger partial charge in [-0.2, -0.15) is 0 Å². The van der Waals surface area contributed by atoms with Gasteiger partial charge in [-0.25, -0.2) is 0 Å². The van der Waals surface area contributed by atoms with Crippen molar-refractivity contribution in [3.63, 3.8) is 0 Å². The normalized spacial score (nSPS) is 17.6. The highest BCUT2D eigenvalue weighted by molar-refractivity contribution is 5.27. The van der Waals surface area contributed by atoms with E-state index < -0.39 is 0 Å². The second kappa shape index (κ2) is 7.65. The zero-order chi connectivity index (χ0) is 14.4. The van der Waals surface area contributed by atoms with E-state index in [0.717, 1.165) is 18.9 Å². The number of piperidine rings is 1. The van der Waals surface area contributed by atoms with Crippen molar-refractivity contribution in [2.45, 2.75) is 52.2 Å². The van der Waals surface area contributed by atoms with Crippen LogP contribution in [0.2, 0.25) is 0 Å². The molecule has 20 heavy (non-hydrogen) atoms. The van der Waals surface area contributed by atoms with Gasteiger partial charge in [0.15, 0.2) is 0 Å². The fourth-order valence-electron chi connectivity index (χ4n) is 2.75. The lowest BCUT2D eigenvalue weighted by Gasteiger charge is -2.35. The minimum Gasteiger partial charge on any atom is -0.494 e. The maximum absolute atomic E-state index is 5.46. The van der Waals surface area contributed by atoms with Crippen LogP contribution in [-0.2, 0) is 6.54 Å². The van der Waals surface area contributed by atoms with Crippen molar-refractivity contribution in [1.29, 1.82) is 0 Å². The quantitative estimate of drug-likeness (QED) is 0.864. The molecule has 1 aromatic carbocycles. The number of hydrogen-bond donors (Lipinski definition) is 1. The molecular weight excluding hydrogens is 248 g/mol. The molecule has 1 heterocycles. The summed E-state index contributed by atoms with van der Waals surface area (Å²) in [6.45, 7) is 10.7. The Kier molecular flexibility index (Phi) is 5.86. The highest BCUT2D eigenvalue weighted by Crippen LogP contribution is 2.15. The van der Waals surface area contributed by atoms with Crippen molar-refractivity contribution in [3.05, 3.63) is 29.8 Å². The van der Waals surface area contributed by atoms with E-state index in [0.29, 0.717) is 12.1 Å². The van der Waals surface area contributed by atoms with E-state index in [4.69, 9.17) is 4.74 Å². The molecule has 1 aliphatic heterocycles. The van der Waals surface area contributed by atoms with Gasteiger partial charge in [0.1, 0.15) is 5.75 Å². The van der Waals surface area contributed by atoms with Crippen molar-refractivity contribution in [2.75, 3.05) is 19.7 Å². The van der Waals surface area contributed by atoms with E-state index in [2.05, 4.69) is 48.3 Å². The first-order valence-corrected chi connectivity index (χ1v) is 7.88. The molecule has 0 spiro atoms. The molecule has 1 saturated heterocycles. The smallest absolute Gasteiger partial charge is 0.119 e. The number of rotatable bonds is 6. The molecule has 0 atom stereocenters. The molecule has 0 aromatic heterocycles. The van der Waals surface area contributed by atoms with Gasteiger partial charge in [0.2, 0.25) is 0 Å². The third kappa shape index (κ3) is 4.50. The molecule has 0 unspecified atom stereocenters. The molecule has 0 saturated carbocycles. The van der Waals surface area contributed by atoms with E-state index in [1.54, 1.807) is 0 Å². The average molecular weight is 276 g/mol. The molecule has 3 nitrogen and oxygen atoms in total. The number of hydrogen-bond acceptors (Lipinski definition) is 3. The minimum atomic E-state index is 0.663. The van der Waals surface area contributed by atoms with E-state index in [1.807, 2.05) is 6.92 Å². The second-order valence-corrected chi connectivity index (χ2v) is 5.86. The van der Waals surface area contributed by atoms with Gasteiger partial charge in [-0.05, 0) is 64.4 Å². The molecule has 1 aliphatic rings. The topological polar surface area (TPSA) is 24.5 Å². The molecule has 3 heteroatoms. The van der Waals surface area contributed by atoms with Gasteiger partial charge >= 0.3 is 0 Å². The van der Waals surface area contributed by atoms with Crippen LogP contribution in [0.15, 0.2) is 24.3 Å². The van der Waals surface area contributed by atoms with Gasteiger partial charge in [0.25, 0.3) is 0 Å². The standard InChI is InChI=1S/C17H28N2O/c1-4-20-17-7-5-15(6-8-17)13-18-16-9-11-19(12-10-16)14(2)3/h5-8,14,16,18H,4,9-13H2,1-3H3. The Morgan fingerprint density at radius 1 is 1.20 bits per heavy atom. The predicted molar refractivity (Wildman–Crippen MR) is 84.2 cm³/mol. The maximum atomic E-state index is 5.46. The first-order chi connectivity index (χ1) is 9.69. The van der Waals surface area contributed by atoms with Crippen LogP contribution in [0.5, 0.6) is 5.75 Å². The molecule has 0 amide bonds. The van der Waals surface area contributed by atoms with E-state index in [1.165, 1.54) is 31.5 Å². The SMILES string of the molecule is CCOc1ccc(CNC2CCN(C(C)C)CC2)cc1. The highest BCUT2D eigenvalue weighted by Gasteiger charge is 2.20. The minimum absolute atomic E-state index is 0.663. The number of nitrogens with one attached hydrogen (secondary N) is 1. The number of benzene rings is 1. The van der Waals surface area contributed by atoms with Gasteiger partial charge in [0, 0.05) is 18.6 Å². The van der Waals surface area contributed by atoms with Gasteiger partial charge in [-0.3, -0.25) is 0 Å². The number of ether oxygens (including phenoxy) is 1. The lowest BCUT2D eigenvalue weighted by molar-refractivity contribution is 0.161. The van der Waals surface area contributed by atoms with Crippen molar-refractivity contribution in [1.82, 2.24) is 10.2 Å². The Balaban J connectivity index is 1.73. The molecular formula is C17H28N2O. The van der Waals surface area contributed by atoms with Crippen LogP contribution in [0.3, 0.4) is 0 Å². The predicted octanol–water partition coefficient (Wildman–Crippen LogP) is 3.05. The first-order valence-electron chi connectivity index (χ1n) is 7.88. The number of nitrogens with zero attached hydrogens (tertiary/aromatic N) is 1. The fraction of sp³-hybridized carbons (Fsp3) is 0.647. The van der Waals surface area contributed by atoms with E-state index in [-0.39, 0.29) is 0 Å². The Labute approximate surface area is 123 Å². The summed E-state index contributed by atoms with van der Waals surface area (Å²) in [5.41, 5.74) is 1.33. The molecule has 1 N–H and O–H groups in total. The van der Waals surface area contributed by atoms with E-state index in [9.17, 15) is 0 Å². The molecule has 0 bridgehead atoms. The summed E-state index contributed by atoms with van der Waals surface area (Å²) in [5, 5.41) is 3.68. The summed E-state index contributed by atoms with van der Waals surface area (Å²) < 4.78 is 5.46. The summed E-state index contributed by atoms with van der Waals surface area (Å²) in [6.07, 6.45) is 2.52. The molecule has 0 aliphatic carbocycles. The lowest BCUT2D eigenvalue weighted by atomic mass is 10.0. The van der Waals surface area contributed by atoms with Crippen LogP contribution in [0, 0.1) is 0 Å². The molecule has 2 rings (SSSR count). The molecule has 1 fully saturated rings. The Bertz CT molecular complexity index is 380. The Hall–Kier alpha value is -1.06. The average Bonchev–Trinajstić information content (AvgIpc) is 2.47. The number of likely N-dealkylation sites (tertiary alicyclic amines) is 1. The Morgan fingerprint density at radius 3 is 2.40 bits per heavy atom.